The lowest BCUT2D eigenvalue weighted by atomic mass is 10.0. The molecule has 1 atom stereocenters. The Morgan fingerprint density at radius 3 is 2.04 bits per heavy atom. The minimum absolute atomic E-state index is 0.0840. The Labute approximate surface area is 268 Å². The minimum atomic E-state index is -4.12. The first-order valence-electron chi connectivity index (χ1n) is 15.6. The molecule has 8 heteroatoms. The lowest BCUT2D eigenvalue weighted by Crippen LogP contribution is -2.53. The zero-order chi connectivity index (χ0) is 32.2. The van der Waals surface area contributed by atoms with E-state index in [0.29, 0.717) is 12.2 Å². The van der Waals surface area contributed by atoms with Gasteiger partial charge in [0.25, 0.3) is 10.0 Å². The fraction of sp³-hybridized carbons (Fsp3) is 0.297. The molecule has 0 aromatic heterocycles. The number of carbonyl (C=O) groups excluding carboxylic acids is 2. The molecule has 1 unspecified atom stereocenters. The molecule has 0 heterocycles. The zero-order valence-corrected chi connectivity index (χ0v) is 27.2. The Morgan fingerprint density at radius 2 is 1.42 bits per heavy atom. The number of anilines is 1. The van der Waals surface area contributed by atoms with Gasteiger partial charge in [-0.3, -0.25) is 13.9 Å². The normalized spacial score (nSPS) is 11.9. The average molecular weight is 626 g/mol. The number of hydrogen-bond donors (Lipinski definition) is 1. The van der Waals surface area contributed by atoms with Crippen molar-refractivity contribution in [1.82, 2.24) is 10.2 Å². The summed E-state index contributed by atoms with van der Waals surface area (Å²) in [5.41, 5.74) is 4.21. The van der Waals surface area contributed by atoms with Crippen molar-refractivity contribution in [3.63, 3.8) is 0 Å². The number of rotatable bonds is 15. The standard InChI is InChI=1S/C37H43N3O4S/c1-4-6-24-38-37(42)35(26-31-15-9-7-10-16-31)39(27-32-17-13-14-29(3)25-32)36(41)28-40(33-22-20-30(5-2)21-23-33)45(43,44)34-18-11-8-12-19-34/h7-23,25,35H,4-6,24,26-28H2,1-3H3,(H,38,42). The topological polar surface area (TPSA) is 86.8 Å². The quantitative estimate of drug-likeness (QED) is 0.157. The number of benzene rings is 4. The summed E-state index contributed by atoms with van der Waals surface area (Å²) in [6, 6.07) is 31.9. The van der Waals surface area contributed by atoms with Gasteiger partial charge < -0.3 is 10.2 Å². The maximum Gasteiger partial charge on any atom is 0.264 e. The molecular formula is C37H43N3O4S. The first-order chi connectivity index (χ1) is 21.7. The smallest absolute Gasteiger partial charge is 0.264 e. The van der Waals surface area contributed by atoms with E-state index in [2.05, 4.69) is 12.2 Å². The van der Waals surface area contributed by atoms with Gasteiger partial charge >= 0.3 is 0 Å². The summed E-state index contributed by atoms with van der Waals surface area (Å²) in [4.78, 5) is 30.0. The molecule has 45 heavy (non-hydrogen) atoms. The van der Waals surface area contributed by atoms with Crippen LogP contribution in [-0.2, 0) is 39.0 Å². The van der Waals surface area contributed by atoms with E-state index in [1.54, 1.807) is 30.3 Å². The highest BCUT2D eigenvalue weighted by Gasteiger charge is 2.34. The van der Waals surface area contributed by atoms with Crippen molar-refractivity contribution in [2.45, 2.75) is 63.9 Å². The summed E-state index contributed by atoms with van der Waals surface area (Å²) >= 11 is 0. The first-order valence-corrected chi connectivity index (χ1v) is 17.0. The van der Waals surface area contributed by atoms with Gasteiger partial charge in [0, 0.05) is 19.5 Å². The molecule has 0 spiro atoms. The lowest BCUT2D eigenvalue weighted by molar-refractivity contribution is -0.140. The average Bonchev–Trinajstić information content (AvgIpc) is 3.06. The van der Waals surface area contributed by atoms with E-state index < -0.39 is 28.5 Å². The summed E-state index contributed by atoms with van der Waals surface area (Å²) in [5, 5.41) is 3.03. The number of nitrogens with zero attached hydrogens (tertiary/aromatic N) is 2. The van der Waals surface area contributed by atoms with Gasteiger partial charge in [-0.1, -0.05) is 111 Å². The molecule has 4 aromatic carbocycles. The Balaban J connectivity index is 1.78. The SMILES string of the molecule is CCCCNC(=O)C(Cc1ccccc1)N(Cc1cccc(C)c1)C(=O)CN(c1ccc(CC)cc1)S(=O)(=O)c1ccccc1. The van der Waals surface area contributed by atoms with Gasteiger partial charge in [0.15, 0.2) is 0 Å². The van der Waals surface area contributed by atoms with Crippen LogP contribution >= 0.6 is 0 Å². The van der Waals surface area contributed by atoms with Gasteiger partial charge in [-0.05, 0) is 60.7 Å². The summed E-state index contributed by atoms with van der Waals surface area (Å²) < 4.78 is 29.3. The molecule has 236 valence electrons. The summed E-state index contributed by atoms with van der Waals surface area (Å²) in [7, 11) is -4.12. The highest BCUT2D eigenvalue weighted by atomic mass is 32.2. The molecule has 0 saturated carbocycles. The number of carbonyl (C=O) groups is 2. The maximum atomic E-state index is 14.5. The van der Waals surface area contributed by atoms with E-state index in [1.807, 2.05) is 80.6 Å². The van der Waals surface area contributed by atoms with Gasteiger partial charge in [-0.15, -0.1) is 0 Å². The van der Waals surface area contributed by atoms with E-state index >= 15 is 0 Å². The second kappa shape index (κ2) is 16.0. The predicted molar refractivity (Wildman–Crippen MR) is 180 cm³/mol. The van der Waals surface area contributed by atoms with Crippen LogP contribution in [0.3, 0.4) is 0 Å². The van der Waals surface area contributed by atoms with Crippen LogP contribution in [0.15, 0.2) is 114 Å². The van der Waals surface area contributed by atoms with Crippen LogP contribution in [0.2, 0.25) is 0 Å². The lowest BCUT2D eigenvalue weighted by Gasteiger charge is -2.34. The molecule has 0 aliphatic rings. The zero-order valence-electron chi connectivity index (χ0n) is 26.4. The molecule has 0 saturated heterocycles. The largest absolute Gasteiger partial charge is 0.354 e. The Bertz CT molecular complexity index is 1640. The molecule has 0 aliphatic carbocycles. The van der Waals surface area contributed by atoms with Crippen LogP contribution in [0.1, 0.15) is 48.9 Å². The van der Waals surface area contributed by atoms with Gasteiger partial charge in [0.2, 0.25) is 11.8 Å². The third-order valence-electron chi connectivity index (χ3n) is 7.78. The van der Waals surface area contributed by atoms with Crippen LogP contribution in [0.25, 0.3) is 0 Å². The van der Waals surface area contributed by atoms with Crippen molar-refractivity contribution < 1.29 is 18.0 Å². The van der Waals surface area contributed by atoms with Crippen molar-refractivity contribution >= 4 is 27.5 Å². The Hall–Kier alpha value is -4.43. The third kappa shape index (κ3) is 9.05. The molecule has 0 fully saturated rings. The molecule has 1 N–H and O–H groups in total. The van der Waals surface area contributed by atoms with E-state index in [4.69, 9.17) is 0 Å². The monoisotopic (exact) mass is 625 g/mol. The number of sulfonamides is 1. The van der Waals surface area contributed by atoms with Crippen LogP contribution < -0.4 is 9.62 Å². The highest BCUT2D eigenvalue weighted by Crippen LogP contribution is 2.26. The van der Waals surface area contributed by atoms with Crippen molar-refractivity contribution in [3.8, 4) is 0 Å². The summed E-state index contributed by atoms with van der Waals surface area (Å²) in [6.07, 6.45) is 2.81. The number of amides is 2. The van der Waals surface area contributed by atoms with Crippen LogP contribution in [0.4, 0.5) is 5.69 Å². The first kappa shape index (κ1) is 33.5. The molecule has 0 bridgehead atoms. The fourth-order valence-corrected chi connectivity index (χ4v) is 6.65. The molecule has 2 amide bonds. The second-order valence-corrected chi connectivity index (χ2v) is 13.1. The summed E-state index contributed by atoms with van der Waals surface area (Å²) in [6.45, 7) is 6.22. The van der Waals surface area contributed by atoms with Gasteiger partial charge in [-0.2, -0.15) is 0 Å². The van der Waals surface area contributed by atoms with Crippen molar-refractivity contribution in [2.24, 2.45) is 0 Å². The van der Waals surface area contributed by atoms with Crippen molar-refractivity contribution in [1.29, 1.82) is 0 Å². The number of aryl methyl sites for hydroxylation is 2. The van der Waals surface area contributed by atoms with Gasteiger partial charge in [0.1, 0.15) is 12.6 Å². The number of hydrogen-bond acceptors (Lipinski definition) is 4. The third-order valence-corrected chi connectivity index (χ3v) is 9.57. The number of unbranched alkanes of at least 4 members (excludes halogenated alkanes) is 1. The van der Waals surface area contributed by atoms with Crippen LogP contribution in [0.5, 0.6) is 0 Å². The van der Waals surface area contributed by atoms with E-state index in [0.717, 1.165) is 45.8 Å². The molecular weight excluding hydrogens is 582 g/mol. The Kier molecular flexibility index (Phi) is 11.9. The van der Waals surface area contributed by atoms with Gasteiger partial charge in [-0.25, -0.2) is 8.42 Å². The maximum absolute atomic E-state index is 14.5. The van der Waals surface area contributed by atoms with Crippen LogP contribution in [0, 0.1) is 6.92 Å². The Morgan fingerprint density at radius 1 is 0.778 bits per heavy atom. The van der Waals surface area contributed by atoms with Crippen molar-refractivity contribution in [3.05, 3.63) is 131 Å². The van der Waals surface area contributed by atoms with Crippen LogP contribution in [-0.4, -0.2) is 44.3 Å². The molecule has 4 rings (SSSR count). The predicted octanol–water partition coefficient (Wildman–Crippen LogP) is 6.31. The van der Waals surface area contributed by atoms with Crippen molar-refractivity contribution in [2.75, 3.05) is 17.4 Å². The molecule has 0 aliphatic heterocycles. The van der Waals surface area contributed by atoms with E-state index in [9.17, 15) is 18.0 Å². The molecule has 4 aromatic rings. The van der Waals surface area contributed by atoms with E-state index in [1.165, 1.54) is 17.0 Å². The highest BCUT2D eigenvalue weighted by molar-refractivity contribution is 7.92. The number of nitrogens with one attached hydrogen (secondary N) is 1. The second-order valence-electron chi connectivity index (χ2n) is 11.2. The molecule has 7 nitrogen and oxygen atoms in total. The summed E-state index contributed by atoms with van der Waals surface area (Å²) in [5.74, 6) is -0.736. The fourth-order valence-electron chi connectivity index (χ4n) is 5.21. The minimum Gasteiger partial charge on any atom is -0.354 e. The van der Waals surface area contributed by atoms with Gasteiger partial charge in [0.05, 0.1) is 10.6 Å². The molecule has 0 radical (unpaired) electrons. The van der Waals surface area contributed by atoms with E-state index in [-0.39, 0.29) is 23.8 Å².